The van der Waals surface area contributed by atoms with Crippen molar-refractivity contribution in [1.82, 2.24) is 0 Å². The second-order valence-electron chi connectivity index (χ2n) is 6.17. The van der Waals surface area contributed by atoms with Gasteiger partial charge in [0.25, 0.3) is 0 Å². The van der Waals surface area contributed by atoms with Crippen LogP contribution in [0.25, 0.3) is 0 Å². The number of hydrogen-bond donors (Lipinski definition) is 1. The molecule has 2 nitrogen and oxygen atoms in total. The van der Waals surface area contributed by atoms with E-state index in [2.05, 4.69) is 47.6 Å². The van der Waals surface area contributed by atoms with Gasteiger partial charge in [0.2, 0.25) is 0 Å². The molecule has 0 radical (unpaired) electrons. The van der Waals surface area contributed by atoms with Gasteiger partial charge in [0.05, 0.1) is 0 Å². The van der Waals surface area contributed by atoms with E-state index in [-0.39, 0.29) is 17.6 Å². The number of aryl methyl sites for hydroxylation is 1. The summed E-state index contributed by atoms with van der Waals surface area (Å²) in [5.41, 5.74) is 8.71. The summed E-state index contributed by atoms with van der Waals surface area (Å²) in [4.78, 5) is 0. The third kappa shape index (κ3) is 3.49. The van der Waals surface area contributed by atoms with Crippen LogP contribution in [0.4, 0.5) is 0 Å². The lowest BCUT2D eigenvalue weighted by molar-refractivity contribution is 0.0615. The average molecular weight is 249 g/mol. The first kappa shape index (κ1) is 15.0. The summed E-state index contributed by atoms with van der Waals surface area (Å²) in [7, 11) is 0. The Morgan fingerprint density at radius 1 is 1.22 bits per heavy atom. The van der Waals surface area contributed by atoms with Crippen molar-refractivity contribution in [3.05, 3.63) is 29.3 Å². The smallest absolute Gasteiger partial charge is 0.123 e. The van der Waals surface area contributed by atoms with E-state index in [1.807, 2.05) is 12.1 Å². The molecule has 1 aromatic carbocycles. The molecule has 2 heteroatoms. The standard InChI is InChI=1S/C16H27NO/c1-7-13(17)15(16(4,5)6)18-14-10-8-9-11(2)12(14)3/h8-10,13,15H,7,17H2,1-6H3. The van der Waals surface area contributed by atoms with E-state index in [1.165, 1.54) is 11.1 Å². The number of rotatable bonds is 4. The second kappa shape index (κ2) is 5.75. The SMILES string of the molecule is CCC(N)C(Oc1cccc(C)c1C)C(C)(C)C. The van der Waals surface area contributed by atoms with Crippen LogP contribution < -0.4 is 10.5 Å². The molecule has 2 atom stereocenters. The van der Waals surface area contributed by atoms with E-state index < -0.39 is 0 Å². The highest BCUT2D eigenvalue weighted by molar-refractivity contribution is 5.38. The fourth-order valence-corrected chi connectivity index (χ4v) is 2.11. The van der Waals surface area contributed by atoms with Crippen LogP contribution in [0.1, 0.15) is 45.2 Å². The first-order valence-corrected chi connectivity index (χ1v) is 6.75. The minimum Gasteiger partial charge on any atom is -0.488 e. The fraction of sp³-hybridized carbons (Fsp3) is 0.625. The molecule has 2 N–H and O–H groups in total. The third-order valence-corrected chi connectivity index (χ3v) is 3.52. The molecule has 102 valence electrons. The highest BCUT2D eigenvalue weighted by atomic mass is 16.5. The molecular weight excluding hydrogens is 222 g/mol. The maximum Gasteiger partial charge on any atom is 0.123 e. The lowest BCUT2D eigenvalue weighted by Gasteiger charge is -2.35. The Hall–Kier alpha value is -1.02. The Balaban J connectivity index is 3.00. The van der Waals surface area contributed by atoms with Crippen LogP contribution in [0.3, 0.4) is 0 Å². The molecule has 1 rings (SSSR count). The van der Waals surface area contributed by atoms with E-state index in [0.717, 1.165) is 12.2 Å². The van der Waals surface area contributed by atoms with Gasteiger partial charge in [-0.1, -0.05) is 39.8 Å². The molecule has 0 aliphatic rings. The molecule has 0 bridgehead atoms. The largest absolute Gasteiger partial charge is 0.488 e. The van der Waals surface area contributed by atoms with Crippen molar-refractivity contribution in [3.8, 4) is 5.75 Å². The van der Waals surface area contributed by atoms with Crippen LogP contribution >= 0.6 is 0 Å². The first-order chi connectivity index (χ1) is 8.27. The first-order valence-electron chi connectivity index (χ1n) is 6.75. The van der Waals surface area contributed by atoms with Crippen molar-refractivity contribution in [3.63, 3.8) is 0 Å². The molecule has 0 aliphatic carbocycles. The third-order valence-electron chi connectivity index (χ3n) is 3.52. The summed E-state index contributed by atoms with van der Waals surface area (Å²) < 4.78 is 6.22. The second-order valence-corrected chi connectivity index (χ2v) is 6.17. The fourth-order valence-electron chi connectivity index (χ4n) is 2.11. The zero-order valence-electron chi connectivity index (χ0n) is 12.6. The van der Waals surface area contributed by atoms with Gasteiger partial charge < -0.3 is 10.5 Å². The average Bonchev–Trinajstić information content (AvgIpc) is 2.28. The summed E-state index contributed by atoms with van der Waals surface area (Å²) in [5, 5.41) is 0. The molecule has 0 fully saturated rings. The summed E-state index contributed by atoms with van der Waals surface area (Å²) in [6.07, 6.45) is 0.954. The zero-order valence-corrected chi connectivity index (χ0v) is 12.6. The van der Waals surface area contributed by atoms with Crippen LogP contribution in [-0.4, -0.2) is 12.1 Å². The Morgan fingerprint density at radius 2 is 1.83 bits per heavy atom. The van der Waals surface area contributed by atoms with Gasteiger partial charge in [-0.25, -0.2) is 0 Å². The lowest BCUT2D eigenvalue weighted by atomic mass is 9.84. The van der Waals surface area contributed by atoms with Crippen LogP contribution in [0.15, 0.2) is 18.2 Å². The van der Waals surface area contributed by atoms with Crippen molar-refractivity contribution in [2.45, 2.75) is 60.1 Å². The topological polar surface area (TPSA) is 35.2 Å². The Bertz CT molecular complexity index is 393. The quantitative estimate of drug-likeness (QED) is 0.880. The molecule has 18 heavy (non-hydrogen) atoms. The molecule has 0 amide bonds. The van der Waals surface area contributed by atoms with E-state index in [9.17, 15) is 0 Å². The summed E-state index contributed by atoms with van der Waals surface area (Å²) in [6.45, 7) is 12.8. The molecule has 0 aliphatic heterocycles. The van der Waals surface area contributed by atoms with E-state index in [4.69, 9.17) is 10.5 Å². The normalized spacial score (nSPS) is 15.3. The molecule has 0 spiro atoms. The number of benzene rings is 1. The van der Waals surface area contributed by atoms with E-state index >= 15 is 0 Å². The minimum absolute atomic E-state index is 0.0306. The summed E-state index contributed by atoms with van der Waals surface area (Å²) in [6, 6.07) is 6.23. The van der Waals surface area contributed by atoms with Crippen LogP contribution in [0.2, 0.25) is 0 Å². The lowest BCUT2D eigenvalue weighted by Crippen LogP contribution is -2.47. The Kier molecular flexibility index (Phi) is 4.80. The maximum atomic E-state index is 6.22. The van der Waals surface area contributed by atoms with E-state index in [1.54, 1.807) is 0 Å². The van der Waals surface area contributed by atoms with Crippen molar-refractivity contribution in [2.75, 3.05) is 0 Å². The minimum atomic E-state index is 0.0306. The van der Waals surface area contributed by atoms with E-state index in [0.29, 0.717) is 0 Å². The summed E-state index contributed by atoms with van der Waals surface area (Å²) in [5.74, 6) is 0.957. The van der Waals surface area contributed by atoms with Crippen molar-refractivity contribution >= 4 is 0 Å². The molecule has 1 aromatic rings. The Morgan fingerprint density at radius 3 is 2.33 bits per heavy atom. The molecular formula is C16H27NO. The van der Waals surface area contributed by atoms with Crippen molar-refractivity contribution < 1.29 is 4.74 Å². The number of nitrogens with two attached hydrogens (primary N) is 1. The van der Waals surface area contributed by atoms with Crippen LogP contribution in [0.5, 0.6) is 5.75 Å². The monoisotopic (exact) mass is 249 g/mol. The van der Waals surface area contributed by atoms with Crippen molar-refractivity contribution in [2.24, 2.45) is 11.1 Å². The van der Waals surface area contributed by atoms with Crippen LogP contribution in [0, 0.1) is 19.3 Å². The van der Waals surface area contributed by atoms with Gasteiger partial charge in [-0.3, -0.25) is 0 Å². The highest BCUT2D eigenvalue weighted by Crippen LogP contribution is 2.30. The highest BCUT2D eigenvalue weighted by Gasteiger charge is 2.31. The van der Waals surface area contributed by atoms with Gasteiger partial charge in [0, 0.05) is 11.5 Å². The van der Waals surface area contributed by atoms with Gasteiger partial charge in [-0.2, -0.15) is 0 Å². The summed E-state index contributed by atoms with van der Waals surface area (Å²) >= 11 is 0. The molecule has 0 heterocycles. The number of ether oxygens (including phenoxy) is 1. The Labute approximate surface area is 112 Å². The zero-order chi connectivity index (χ0) is 13.9. The van der Waals surface area contributed by atoms with Gasteiger partial charge in [0.15, 0.2) is 0 Å². The molecule has 2 unspecified atom stereocenters. The number of hydrogen-bond acceptors (Lipinski definition) is 2. The van der Waals surface area contributed by atoms with Gasteiger partial charge in [-0.05, 0) is 37.5 Å². The predicted octanol–water partition coefficient (Wildman–Crippen LogP) is 3.83. The maximum absolute atomic E-state index is 6.22. The van der Waals surface area contributed by atoms with Gasteiger partial charge >= 0.3 is 0 Å². The molecule has 0 aromatic heterocycles. The molecule has 0 saturated heterocycles. The van der Waals surface area contributed by atoms with Crippen molar-refractivity contribution in [1.29, 1.82) is 0 Å². The van der Waals surface area contributed by atoms with Gasteiger partial charge in [-0.15, -0.1) is 0 Å². The van der Waals surface area contributed by atoms with Crippen LogP contribution in [-0.2, 0) is 0 Å². The van der Waals surface area contributed by atoms with Gasteiger partial charge in [0.1, 0.15) is 11.9 Å². The molecule has 0 saturated carbocycles. The predicted molar refractivity (Wildman–Crippen MR) is 78.1 cm³/mol.